The minimum absolute atomic E-state index is 0.0181. The van der Waals surface area contributed by atoms with Gasteiger partial charge in [0, 0.05) is 5.56 Å². The maximum absolute atomic E-state index is 12.8. The van der Waals surface area contributed by atoms with Gasteiger partial charge in [0.1, 0.15) is 11.5 Å². The van der Waals surface area contributed by atoms with E-state index in [9.17, 15) is 9.59 Å². The molecule has 0 spiro atoms. The Morgan fingerprint density at radius 1 is 0.688 bits per heavy atom. The van der Waals surface area contributed by atoms with Crippen LogP contribution in [0.5, 0.6) is 11.5 Å². The number of methoxy groups -OCH3 is 1. The van der Waals surface area contributed by atoms with Crippen molar-refractivity contribution in [2.45, 2.75) is 19.8 Å². The van der Waals surface area contributed by atoms with E-state index in [2.05, 4.69) is 12.1 Å². The zero-order valence-corrected chi connectivity index (χ0v) is 18.0. The minimum atomic E-state index is -0.400. The highest BCUT2D eigenvalue weighted by molar-refractivity contribution is 6.01. The van der Waals surface area contributed by atoms with Crippen LogP contribution in [-0.4, -0.2) is 18.9 Å². The molecule has 0 saturated carbocycles. The number of rotatable bonds is 4. The molecule has 0 fully saturated rings. The Hall–Kier alpha value is -3.92. The molecule has 4 heteroatoms. The average molecular weight is 422 g/mol. The molecule has 0 atom stereocenters. The van der Waals surface area contributed by atoms with Crippen molar-refractivity contribution in [2.24, 2.45) is 0 Å². The van der Waals surface area contributed by atoms with Crippen molar-refractivity contribution in [1.29, 1.82) is 0 Å². The SMILES string of the molecule is COc1ccc2c(c1)CCc1cc(OC(=O)c3ccc4cc(C(C)=O)ccc4c3)ccc1-2. The highest BCUT2D eigenvalue weighted by Gasteiger charge is 2.18. The first-order valence-electron chi connectivity index (χ1n) is 10.6. The van der Waals surface area contributed by atoms with Gasteiger partial charge in [-0.3, -0.25) is 4.79 Å². The molecule has 4 aromatic carbocycles. The molecule has 0 unspecified atom stereocenters. The number of esters is 1. The van der Waals surface area contributed by atoms with Gasteiger partial charge in [-0.1, -0.05) is 30.3 Å². The van der Waals surface area contributed by atoms with Crippen molar-refractivity contribution < 1.29 is 19.1 Å². The lowest BCUT2D eigenvalue weighted by Crippen LogP contribution is -2.10. The van der Waals surface area contributed by atoms with E-state index >= 15 is 0 Å². The average Bonchev–Trinajstić information content (AvgIpc) is 2.82. The Bertz CT molecular complexity index is 1380. The lowest BCUT2D eigenvalue weighted by Gasteiger charge is -2.21. The van der Waals surface area contributed by atoms with E-state index in [1.165, 1.54) is 22.3 Å². The normalized spacial score (nSPS) is 12.1. The summed E-state index contributed by atoms with van der Waals surface area (Å²) in [5.41, 5.74) is 5.93. The second-order valence-electron chi connectivity index (χ2n) is 8.06. The van der Waals surface area contributed by atoms with E-state index in [1.807, 2.05) is 42.5 Å². The molecule has 0 bridgehead atoms. The summed E-state index contributed by atoms with van der Waals surface area (Å²) in [5, 5.41) is 1.81. The van der Waals surface area contributed by atoms with Crippen LogP contribution in [0, 0.1) is 0 Å². The summed E-state index contributed by atoms with van der Waals surface area (Å²) in [6, 6.07) is 22.8. The number of Topliss-reactive ketones (excluding diaryl/α,β-unsaturated/α-hetero) is 1. The van der Waals surface area contributed by atoms with Crippen molar-refractivity contribution in [2.75, 3.05) is 7.11 Å². The van der Waals surface area contributed by atoms with Crippen LogP contribution in [0.3, 0.4) is 0 Å². The third kappa shape index (κ3) is 3.65. The molecule has 1 aliphatic rings. The van der Waals surface area contributed by atoms with Gasteiger partial charge in [0.25, 0.3) is 0 Å². The number of carbonyl (C=O) groups is 2. The molecule has 158 valence electrons. The fourth-order valence-electron chi connectivity index (χ4n) is 4.30. The molecule has 32 heavy (non-hydrogen) atoms. The van der Waals surface area contributed by atoms with E-state index in [1.54, 1.807) is 32.2 Å². The van der Waals surface area contributed by atoms with Gasteiger partial charge in [0.2, 0.25) is 0 Å². The lowest BCUT2D eigenvalue weighted by molar-refractivity contribution is 0.0734. The van der Waals surface area contributed by atoms with Crippen molar-refractivity contribution in [3.63, 3.8) is 0 Å². The summed E-state index contributed by atoms with van der Waals surface area (Å²) < 4.78 is 11.0. The quantitative estimate of drug-likeness (QED) is 0.229. The first-order valence-corrected chi connectivity index (χ1v) is 10.6. The van der Waals surface area contributed by atoms with Crippen LogP contribution >= 0.6 is 0 Å². The van der Waals surface area contributed by atoms with Crippen LogP contribution < -0.4 is 9.47 Å². The molecule has 0 saturated heterocycles. The van der Waals surface area contributed by atoms with Gasteiger partial charge in [-0.05, 0) is 95.3 Å². The number of carbonyl (C=O) groups excluding carboxylic acids is 2. The van der Waals surface area contributed by atoms with Crippen LogP contribution in [0.4, 0.5) is 0 Å². The molecule has 0 aliphatic heterocycles. The number of aryl methyl sites for hydroxylation is 2. The van der Waals surface area contributed by atoms with Crippen LogP contribution in [0.15, 0.2) is 72.8 Å². The van der Waals surface area contributed by atoms with Crippen molar-refractivity contribution in [3.05, 3.63) is 95.1 Å². The summed E-state index contributed by atoms with van der Waals surface area (Å²) in [5.74, 6) is 1.02. The number of hydrogen-bond acceptors (Lipinski definition) is 4. The molecule has 0 N–H and O–H groups in total. The van der Waals surface area contributed by atoms with Crippen molar-refractivity contribution >= 4 is 22.5 Å². The zero-order valence-electron chi connectivity index (χ0n) is 18.0. The van der Waals surface area contributed by atoms with E-state index in [0.717, 1.165) is 29.4 Å². The van der Waals surface area contributed by atoms with Crippen molar-refractivity contribution in [3.8, 4) is 22.6 Å². The van der Waals surface area contributed by atoms with E-state index < -0.39 is 5.97 Å². The molecule has 5 rings (SSSR count). The highest BCUT2D eigenvalue weighted by Crippen LogP contribution is 2.37. The van der Waals surface area contributed by atoms with Gasteiger partial charge < -0.3 is 9.47 Å². The van der Waals surface area contributed by atoms with E-state index in [-0.39, 0.29) is 5.78 Å². The Morgan fingerprint density at radius 3 is 1.88 bits per heavy atom. The fourth-order valence-corrected chi connectivity index (χ4v) is 4.30. The van der Waals surface area contributed by atoms with Gasteiger partial charge in [-0.2, -0.15) is 0 Å². The molecular formula is C28H22O4. The third-order valence-corrected chi connectivity index (χ3v) is 6.04. The first-order chi connectivity index (χ1) is 15.5. The second kappa shape index (κ2) is 7.97. The van der Waals surface area contributed by atoms with E-state index in [4.69, 9.17) is 9.47 Å². The molecule has 0 heterocycles. The summed E-state index contributed by atoms with van der Waals surface area (Å²) in [7, 11) is 1.68. The smallest absolute Gasteiger partial charge is 0.343 e. The maximum Gasteiger partial charge on any atom is 0.343 e. The Morgan fingerprint density at radius 2 is 1.25 bits per heavy atom. The number of fused-ring (bicyclic) bond motifs is 4. The van der Waals surface area contributed by atoms with Crippen LogP contribution in [0.25, 0.3) is 21.9 Å². The number of benzene rings is 4. The largest absolute Gasteiger partial charge is 0.497 e. The van der Waals surface area contributed by atoms with Crippen LogP contribution in [0.1, 0.15) is 38.8 Å². The second-order valence-corrected chi connectivity index (χ2v) is 8.06. The van der Waals surface area contributed by atoms with Crippen molar-refractivity contribution in [1.82, 2.24) is 0 Å². The van der Waals surface area contributed by atoms with Gasteiger partial charge >= 0.3 is 5.97 Å². The molecule has 0 radical (unpaired) electrons. The summed E-state index contributed by atoms with van der Waals surface area (Å²) in [6.45, 7) is 1.54. The third-order valence-electron chi connectivity index (χ3n) is 6.04. The predicted molar refractivity (Wildman–Crippen MR) is 125 cm³/mol. The molecular weight excluding hydrogens is 400 g/mol. The van der Waals surface area contributed by atoms with Gasteiger partial charge in [0.05, 0.1) is 12.7 Å². The van der Waals surface area contributed by atoms with Gasteiger partial charge in [0.15, 0.2) is 5.78 Å². The Balaban J connectivity index is 1.39. The zero-order chi connectivity index (χ0) is 22.2. The molecule has 4 aromatic rings. The maximum atomic E-state index is 12.8. The molecule has 0 aromatic heterocycles. The van der Waals surface area contributed by atoms with Crippen LogP contribution in [0.2, 0.25) is 0 Å². The standard InChI is InChI=1S/C28H22O4/c1-17(29)18-3-4-20-14-23(8-5-19(20)13-18)28(30)32-25-10-12-27-22(16-25)7-6-21-15-24(31-2)9-11-26(21)27/h3-5,8-16H,6-7H2,1-2H3. The number of ketones is 1. The molecule has 4 nitrogen and oxygen atoms in total. The van der Waals surface area contributed by atoms with Crippen LogP contribution in [-0.2, 0) is 12.8 Å². The summed E-state index contributed by atoms with van der Waals surface area (Å²) in [6.07, 6.45) is 1.80. The lowest BCUT2D eigenvalue weighted by atomic mass is 9.85. The highest BCUT2D eigenvalue weighted by atomic mass is 16.5. The summed E-state index contributed by atoms with van der Waals surface area (Å²) in [4.78, 5) is 24.4. The number of ether oxygens (including phenoxy) is 2. The first kappa shape index (κ1) is 20.0. The molecule has 1 aliphatic carbocycles. The monoisotopic (exact) mass is 422 g/mol. The van der Waals surface area contributed by atoms with Gasteiger partial charge in [-0.25, -0.2) is 4.79 Å². The minimum Gasteiger partial charge on any atom is -0.497 e. The van der Waals surface area contributed by atoms with E-state index in [0.29, 0.717) is 16.9 Å². The summed E-state index contributed by atoms with van der Waals surface area (Å²) >= 11 is 0. The van der Waals surface area contributed by atoms with Gasteiger partial charge in [-0.15, -0.1) is 0 Å². The predicted octanol–water partition coefficient (Wildman–Crippen LogP) is 6.04. The fraction of sp³-hybridized carbons (Fsp3) is 0.143. The Labute approximate surface area is 186 Å². The molecule has 0 amide bonds. The number of hydrogen-bond donors (Lipinski definition) is 0. The Kier molecular flexibility index (Phi) is 4.98. The topological polar surface area (TPSA) is 52.6 Å².